The molecule has 1 aromatic heterocycles. The zero-order valence-electron chi connectivity index (χ0n) is 12.3. The first-order valence-corrected chi connectivity index (χ1v) is 8.24. The number of aromatic nitrogens is 2. The molecular weight excluding hydrogens is 352 g/mol. The lowest BCUT2D eigenvalue weighted by molar-refractivity contribution is -0.133. The van der Waals surface area contributed by atoms with Crippen molar-refractivity contribution >= 4 is 21.8 Å². The molecule has 0 aliphatic carbocycles. The fourth-order valence-corrected chi connectivity index (χ4v) is 3.75. The molecule has 2 saturated heterocycles. The summed E-state index contributed by atoms with van der Waals surface area (Å²) in [5.41, 5.74) is -1.06. The van der Waals surface area contributed by atoms with Gasteiger partial charge in [-0.3, -0.25) is 19.1 Å². The third-order valence-electron chi connectivity index (χ3n) is 4.66. The Hall–Kier alpha value is -1.41. The van der Waals surface area contributed by atoms with E-state index in [4.69, 9.17) is 0 Å². The van der Waals surface area contributed by atoms with Crippen LogP contribution in [0.4, 0.5) is 0 Å². The number of nitrogens with zero attached hydrogens (tertiary/aromatic N) is 2. The second-order valence-electron chi connectivity index (χ2n) is 6.13. The number of likely N-dealkylation sites (N-methyl/N-ethyl adjacent to an activating group) is 1. The van der Waals surface area contributed by atoms with Crippen molar-refractivity contribution in [1.82, 2.24) is 19.8 Å². The minimum Gasteiger partial charge on any atom is -0.341 e. The molecule has 2 aliphatic heterocycles. The zero-order valence-corrected chi connectivity index (χ0v) is 13.9. The molecular formula is C14H19BrN4O3. The van der Waals surface area contributed by atoms with E-state index >= 15 is 0 Å². The molecule has 2 N–H and O–H groups in total. The van der Waals surface area contributed by atoms with Crippen molar-refractivity contribution in [2.75, 3.05) is 7.05 Å². The monoisotopic (exact) mass is 370 g/mol. The van der Waals surface area contributed by atoms with E-state index in [9.17, 15) is 14.4 Å². The van der Waals surface area contributed by atoms with E-state index in [2.05, 4.69) is 26.2 Å². The summed E-state index contributed by atoms with van der Waals surface area (Å²) in [6.45, 7) is -0.0655. The van der Waals surface area contributed by atoms with E-state index in [0.29, 0.717) is 12.1 Å². The summed E-state index contributed by atoms with van der Waals surface area (Å²) in [5.74, 6) is -0.118. The molecule has 8 heteroatoms. The maximum Gasteiger partial charge on any atom is 0.328 e. The number of nitrogens with one attached hydrogen (secondary N) is 2. The second kappa shape index (κ2) is 6.00. The standard InChI is InChI=1S/C14H19BrN4O3/c1-18(10-4-8-2-3-9(5-10)16-8)12(20)7-19-6-11(15)13(21)17-14(19)22/h6,8-10,16H,2-5,7H2,1H3,(H,17,21,22). The number of carbonyl (C=O) groups is 1. The summed E-state index contributed by atoms with van der Waals surface area (Å²) in [6.07, 6.45) is 5.63. The van der Waals surface area contributed by atoms with Crippen LogP contribution < -0.4 is 16.6 Å². The highest BCUT2D eigenvalue weighted by atomic mass is 79.9. The third-order valence-corrected chi connectivity index (χ3v) is 5.23. The van der Waals surface area contributed by atoms with Gasteiger partial charge in [-0.05, 0) is 41.6 Å². The van der Waals surface area contributed by atoms with E-state index in [1.54, 1.807) is 11.9 Å². The summed E-state index contributed by atoms with van der Waals surface area (Å²) in [6, 6.07) is 1.22. The predicted molar refractivity (Wildman–Crippen MR) is 84.8 cm³/mol. The van der Waals surface area contributed by atoms with Gasteiger partial charge in [-0.1, -0.05) is 0 Å². The highest BCUT2D eigenvalue weighted by Crippen LogP contribution is 2.29. The van der Waals surface area contributed by atoms with Crippen molar-refractivity contribution in [2.24, 2.45) is 0 Å². The van der Waals surface area contributed by atoms with Crippen molar-refractivity contribution in [2.45, 2.75) is 50.4 Å². The lowest BCUT2D eigenvalue weighted by Gasteiger charge is -2.35. The highest BCUT2D eigenvalue weighted by molar-refractivity contribution is 9.10. The number of piperidine rings is 1. The number of hydrogen-bond donors (Lipinski definition) is 2. The SMILES string of the molecule is CN(C(=O)Cn1cc(Br)c(=O)[nH]c1=O)C1CC2CCC(C1)N2. The molecule has 1 amide bonds. The van der Waals surface area contributed by atoms with Gasteiger partial charge in [-0.25, -0.2) is 4.79 Å². The Bertz CT molecular complexity index is 686. The Labute approximate surface area is 135 Å². The second-order valence-corrected chi connectivity index (χ2v) is 6.99. The van der Waals surface area contributed by atoms with Gasteiger partial charge in [0.05, 0.1) is 4.47 Å². The molecule has 2 atom stereocenters. The van der Waals surface area contributed by atoms with Gasteiger partial charge in [0.1, 0.15) is 6.54 Å². The van der Waals surface area contributed by atoms with Gasteiger partial charge in [0.2, 0.25) is 5.91 Å². The topological polar surface area (TPSA) is 87.2 Å². The summed E-state index contributed by atoms with van der Waals surface area (Å²) < 4.78 is 1.46. The van der Waals surface area contributed by atoms with E-state index in [-0.39, 0.29) is 23.0 Å². The molecule has 2 aliphatic rings. The van der Waals surface area contributed by atoms with E-state index < -0.39 is 11.2 Å². The smallest absolute Gasteiger partial charge is 0.328 e. The number of aromatic amines is 1. The maximum absolute atomic E-state index is 12.4. The molecule has 0 spiro atoms. The molecule has 2 unspecified atom stereocenters. The first-order valence-electron chi connectivity index (χ1n) is 7.45. The zero-order chi connectivity index (χ0) is 15.9. The molecule has 3 rings (SSSR count). The maximum atomic E-state index is 12.4. The van der Waals surface area contributed by atoms with Crippen LogP contribution in [0.2, 0.25) is 0 Å². The number of rotatable bonds is 3. The molecule has 120 valence electrons. The third kappa shape index (κ3) is 3.03. The van der Waals surface area contributed by atoms with Gasteiger partial charge in [0.25, 0.3) is 5.56 Å². The van der Waals surface area contributed by atoms with Gasteiger partial charge >= 0.3 is 5.69 Å². The molecule has 0 saturated carbocycles. The fourth-order valence-electron chi connectivity index (χ4n) is 3.40. The Morgan fingerprint density at radius 3 is 2.64 bits per heavy atom. The number of fused-ring (bicyclic) bond motifs is 2. The van der Waals surface area contributed by atoms with Gasteiger partial charge in [0, 0.05) is 31.4 Å². The number of carbonyl (C=O) groups excluding carboxylic acids is 1. The van der Waals surface area contributed by atoms with Crippen molar-refractivity contribution in [3.05, 3.63) is 31.5 Å². The molecule has 22 heavy (non-hydrogen) atoms. The average Bonchev–Trinajstić information content (AvgIpc) is 2.82. The van der Waals surface area contributed by atoms with E-state index in [0.717, 1.165) is 12.8 Å². The van der Waals surface area contributed by atoms with Crippen LogP contribution in [0.15, 0.2) is 20.3 Å². The van der Waals surface area contributed by atoms with Crippen LogP contribution in [0, 0.1) is 0 Å². The Morgan fingerprint density at radius 1 is 1.36 bits per heavy atom. The predicted octanol–water partition coefficient (Wildman–Crippen LogP) is 0.0405. The van der Waals surface area contributed by atoms with Gasteiger partial charge in [-0.2, -0.15) is 0 Å². The first-order chi connectivity index (χ1) is 10.4. The van der Waals surface area contributed by atoms with Crippen LogP contribution >= 0.6 is 15.9 Å². The molecule has 7 nitrogen and oxygen atoms in total. The minimum atomic E-state index is -0.569. The number of hydrogen-bond acceptors (Lipinski definition) is 4. The molecule has 3 heterocycles. The van der Waals surface area contributed by atoms with Crippen LogP contribution in [0.5, 0.6) is 0 Å². The summed E-state index contributed by atoms with van der Waals surface area (Å²) in [4.78, 5) is 39.4. The van der Waals surface area contributed by atoms with Gasteiger partial charge in [0.15, 0.2) is 0 Å². The largest absolute Gasteiger partial charge is 0.341 e. The molecule has 2 bridgehead atoms. The van der Waals surface area contributed by atoms with Crippen LogP contribution in [-0.2, 0) is 11.3 Å². The van der Waals surface area contributed by atoms with Gasteiger partial charge in [-0.15, -0.1) is 0 Å². The van der Waals surface area contributed by atoms with Gasteiger partial charge < -0.3 is 10.2 Å². The molecule has 0 aromatic carbocycles. The summed E-state index contributed by atoms with van der Waals surface area (Å²) >= 11 is 3.07. The quantitative estimate of drug-likeness (QED) is 0.786. The number of amides is 1. The number of halogens is 1. The summed E-state index contributed by atoms with van der Waals surface area (Å²) in [5, 5.41) is 3.55. The highest BCUT2D eigenvalue weighted by Gasteiger charge is 2.36. The molecule has 0 radical (unpaired) electrons. The average molecular weight is 371 g/mol. The van der Waals surface area contributed by atoms with Crippen molar-refractivity contribution in [3.8, 4) is 0 Å². The van der Waals surface area contributed by atoms with E-state index in [1.807, 2.05) is 0 Å². The lowest BCUT2D eigenvalue weighted by Crippen LogP contribution is -2.49. The number of H-pyrrole nitrogens is 1. The Morgan fingerprint density at radius 2 is 2.00 bits per heavy atom. The Kier molecular flexibility index (Phi) is 4.22. The van der Waals surface area contributed by atoms with Crippen molar-refractivity contribution < 1.29 is 4.79 Å². The fraction of sp³-hybridized carbons (Fsp3) is 0.643. The normalized spacial score (nSPS) is 26.9. The molecule has 1 aromatic rings. The van der Waals surface area contributed by atoms with Crippen LogP contribution in [0.1, 0.15) is 25.7 Å². The van der Waals surface area contributed by atoms with Crippen molar-refractivity contribution in [3.63, 3.8) is 0 Å². The molecule has 2 fully saturated rings. The lowest BCUT2D eigenvalue weighted by atomic mass is 9.98. The summed E-state index contributed by atoms with van der Waals surface area (Å²) in [7, 11) is 1.80. The van der Waals surface area contributed by atoms with Crippen LogP contribution in [0.3, 0.4) is 0 Å². The Balaban J connectivity index is 1.70. The minimum absolute atomic E-state index is 0.0655. The van der Waals surface area contributed by atoms with Crippen LogP contribution in [0.25, 0.3) is 0 Å². The van der Waals surface area contributed by atoms with E-state index in [1.165, 1.54) is 23.6 Å². The van der Waals surface area contributed by atoms with Crippen molar-refractivity contribution in [1.29, 1.82) is 0 Å². The van der Waals surface area contributed by atoms with Crippen LogP contribution in [-0.4, -0.2) is 45.5 Å². The first kappa shape index (κ1) is 15.5.